The van der Waals surface area contributed by atoms with Gasteiger partial charge in [0.1, 0.15) is 0 Å². The molecule has 0 radical (unpaired) electrons. The molecule has 2 aliphatic heterocycles. The standard InChI is InChI=1S/C18H32N4O2S/c1-12(18(19)24)7-5-6-10-20-16(23)9-4-3-8-15-17-14(11-25-15)21-13(2)22-17/h12,14-15,17,21-22H,2-11H2,1H3,(H2,19,24)(H,20,23)/t12-,14+,15?,17+/m0/s1. The zero-order chi connectivity index (χ0) is 18.2. The van der Waals surface area contributed by atoms with Crippen molar-refractivity contribution in [3.8, 4) is 0 Å². The van der Waals surface area contributed by atoms with E-state index in [4.69, 9.17) is 5.73 Å². The van der Waals surface area contributed by atoms with Gasteiger partial charge >= 0.3 is 0 Å². The fourth-order valence-electron chi connectivity index (χ4n) is 3.41. The van der Waals surface area contributed by atoms with Crippen molar-refractivity contribution in [2.45, 2.75) is 69.2 Å². The van der Waals surface area contributed by atoms with Gasteiger partial charge in [0, 0.05) is 29.9 Å². The second-order valence-corrected chi connectivity index (χ2v) is 8.44. The van der Waals surface area contributed by atoms with Crippen molar-refractivity contribution in [3.05, 3.63) is 12.4 Å². The molecule has 7 heteroatoms. The van der Waals surface area contributed by atoms with Crippen molar-refractivity contribution in [3.63, 3.8) is 0 Å². The Hall–Kier alpha value is -1.37. The summed E-state index contributed by atoms with van der Waals surface area (Å²) < 4.78 is 0. The Kier molecular flexibility index (Phi) is 7.93. The fraction of sp³-hybridized carbons (Fsp3) is 0.778. The molecule has 2 heterocycles. The van der Waals surface area contributed by atoms with Crippen LogP contribution in [-0.4, -0.2) is 41.4 Å². The van der Waals surface area contributed by atoms with Gasteiger partial charge in [-0.15, -0.1) is 0 Å². The number of amides is 2. The van der Waals surface area contributed by atoms with Crippen LogP contribution >= 0.6 is 11.8 Å². The Labute approximate surface area is 155 Å². The lowest BCUT2D eigenvalue weighted by molar-refractivity contribution is -0.122. The third-order valence-electron chi connectivity index (χ3n) is 5.04. The third-order valence-corrected chi connectivity index (χ3v) is 6.55. The van der Waals surface area contributed by atoms with E-state index in [1.54, 1.807) is 0 Å². The second kappa shape index (κ2) is 9.94. The summed E-state index contributed by atoms with van der Waals surface area (Å²) in [7, 11) is 0. The SMILES string of the molecule is C=C1N[C@@H]2CSC(CCCCC(=O)NCCCC[C@H](C)C(N)=O)[C@@H]2N1. The van der Waals surface area contributed by atoms with Gasteiger partial charge in [0.25, 0.3) is 0 Å². The van der Waals surface area contributed by atoms with E-state index >= 15 is 0 Å². The van der Waals surface area contributed by atoms with E-state index < -0.39 is 0 Å². The number of nitrogens with two attached hydrogens (primary N) is 1. The van der Waals surface area contributed by atoms with Crippen LogP contribution < -0.4 is 21.7 Å². The van der Waals surface area contributed by atoms with Crippen LogP contribution in [0.15, 0.2) is 12.4 Å². The zero-order valence-electron chi connectivity index (χ0n) is 15.2. The molecule has 2 amide bonds. The largest absolute Gasteiger partial charge is 0.369 e. The van der Waals surface area contributed by atoms with Crippen molar-refractivity contribution in [2.75, 3.05) is 12.3 Å². The Bertz CT molecular complexity index is 486. The molecule has 1 unspecified atom stereocenters. The molecule has 2 fully saturated rings. The van der Waals surface area contributed by atoms with Gasteiger partial charge < -0.3 is 21.7 Å². The average molecular weight is 369 g/mol. The number of rotatable bonds is 11. The van der Waals surface area contributed by atoms with Gasteiger partial charge in [0.2, 0.25) is 11.8 Å². The Balaban J connectivity index is 1.46. The summed E-state index contributed by atoms with van der Waals surface area (Å²) in [6.45, 7) is 6.47. The molecule has 0 spiro atoms. The molecule has 25 heavy (non-hydrogen) atoms. The van der Waals surface area contributed by atoms with Crippen LogP contribution in [0.5, 0.6) is 0 Å². The lowest BCUT2D eigenvalue weighted by Gasteiger charge is -2.17. The van der Waals surface area contributed by atoms with Crippen molar-refractivity contribution < 1.29 is 9.59 Å². The monoisotopic (exact) mass is 368 g/mol. The van der Waals surface area contributed by atoms with Gasteiger partial charge in [-0.05, 0) is 25.7 Å². The smallest absolute Gasteiger partial charge is 0.220 e. The van der Waals surface area contributed by atoms with E-state index in [0.29, 0.717) is 30.3 Å². The maximum absolute atomic E-state index is 11.8. The molecular formula is C18H32N4O2S. The molecule has 0 aromatic heterocycles. The number of primary amides is 1. The van der Waals surface area contributed by atoms with Crippen molar-refractivity contribution in [1.82, 2.24) is 16.0 Å². The summed E-state index contributed by atoms with van der Waals surface area (Å²) in [5.41, 5.74) is 5.23. The minimum atomic E-state index is -0.247. The highest BCUT2D eigenvalue weighted by Gasteiger charge is 2.40. The number of unbranched alkanes of at least 4 members (excludes halogenated alkanes) is 2. The molecule has 6 nitrogen and oxygen atoms in total. The topological polar surface area (TPSA) is 96.2 Å². The van der Waals surface area contributed by atoms with Crippen LogP contribution in [0.4, 0.5) is 0 Å². The van der Waals surface area contributed by atoms with Gasteiger partial charge in [-0.25, -0.2) is 0 Å². The number of carbonyl (C=O) groups is 2. The highest BCUT2D eigenvalue weighted by molar-refractivity contribution is 8.00. The normalized spacial score (nSPS) is 25.8. The lowest BCUT2D eigenvalue weighted by atomic mass is 10.0. The zero-order valence-corrected chi connectivity index (χ0v) is 16.0. The molecular weight excluding hydrogens is 336 g/mol. The first-order valence-corrected chi connectivity index (χ1v) is 10.4. The first kappa shape index (κ1) is 19.9. The fourth-order valence-corrected chi connectivity index (χ4v) is 4.96. The first-order chi connectivity index (χ1) is 12.0. The second-order valence-electron chi connectivity index (χ2n) is 7.17. The number of carbonyl (C=O) groups excluding carboxylic acids is 2. The molecule has 2 saturated heterocycles. The summed E-state index contributed by atoms with van der Waals surface area (Å²) in [6.07, 6.45) is 6.37. The summed E-state index contributed by atoms with van der Waals surface area (Å²) in [5.74, 6) is 1.89. The predicted octanol–water partition coefficient (Wildman–Crippen LogP) is 1.47. The Morgan fingerprint density at radius 1 is 1.32 bits per heavy atom. The maximum atomic E-state index is 11.8. The van der Waals surface area contributed by atoms with Gasteiger partial charge in [-0.3, -0.25) is 9.59 Å². The van der Waals surface area contributed by atoms with Crippen molar-refractivity contribution in [2.24, 2.45) is 11.7 Å². The molecule has 2 rings (SSSR count). The van der Waals surface area contributed by atoms with Crippen LogP contribution in [0.1, 0.15) is 51.9 Å². The highest BCUT2D eigenvalue weighted by Crippen LogP contribution is 2.34. The number of nitrogens with one attached hydrogen (secondary N) is 3. The first-order valence-electron chi connectivity index (χ1n) is 9.37. The van der Waals surface area contributed by atoms with Gasteiger partial charge in [-0.2, -0.15) is 11.8 Å². The van der Waals surface area contributed by atoms with Crippen LogP contribution in [0.2, 0.25) is 0 Å². The highest BCUT2D eigenvalue weighted by atomic mass is 32.2. The van der Waals surface area contributed by atoms with E-state index in [2.05, 4.69) is 22.5 Å². The van der Waals surface area contributed by atoms with Crippen LogP contribution in [0, 0.1) is 5.92 Å². The summed E-state index contributed by atoms with van der Waals surface area (Å²) in [6, 6.07) is 1.01. The Morgan fingerprint density at radius 3 is 2.88 bits per heavy atom. The molecule has 142 valence electrons. The number of hydrogen-bond acceptors (Lipinski definition) is 5. The third kappa shape index (κ3) is 6.45. The molecule has 0 aromatic carbocycles. The number of hydrogen-bond donors (Lipinski definition) is 4. The summed E-state index contributed by atoms with van der Waals surface area (Å²) >= 11 is 2.02. The molecule has 0 aromatic rings. The molecule has 0 saturated carbocycles. The molecule has 5 N–H and O–H groups in total. The number of thioether (sulfide) groups is 1. The van der Waals surface area contributed by atoms with Crippen LogP contribution in [0.25, 0.3) is 0 Å². The van der Waals surface area contributed by atoms with Gasteiger partial charge in [-0.1, -0.05) is 26.3 Å². The van der Waals surface area contributed by atoms with E-state index in [0.717, 1.165) is 50.1 Å². The minimum absolute atomic E-state index is 0.0783. The minimum Gasteiger partial charge on any atom is -0.369 e. The van der Waals surface area contributed by atoms with E-state index in [1.165, 1.54) is 0 Å². The van der Waals surface area contributed by atoms with Gasteiger partial charge in [0.05, 0.1) is 17.9 Å². The van der Waals surface area contributed by atoms with E-state index in [-0.39, 0.29) is 17.7 Å². The van der Waals surface area contributed by atoms with E-state index in [1.807, 2.05) is 18.7 Å². The van der Waals surface area contributed by atoms with Crippen molar-refractivity contribution >= 4 is 23.6 Å². The average Bonchev–Trinajstić information content (AvgIpc) is 3.10. The van der Waals surface area contributed by atoms with Crippen LogP contribution in [-0.2, 0) is 9.59 Å². The van der Waals surface area contributed by atoms with E-state index in [9.17, 15) is 9.59 Å². The maximum Gasteiger partial charge on any atom is 0.220 e. The van der Waals surface area contributed by atoms with Crippen molar-refractivity contribution in [1.29, 1.82) is 0 Å². The molecule has 4 atom stereocenters. The molecule has 2 aliphatic rings. The summed E-state index contributed by atoms with van der Waals surface area (Å²) in [5, 5.41) is 10.4. The quantitative estimate of drug-likeness (QED) is 0.414. The number of fused-ring (bicyclic) bond motifs is 1. The van der Waals surface area contributed by atoms with Crippen LogP contribution in [0.3, 0.4) is 0 Å². The molecule has 0 aliphatic carbocycles. The lowest BCUT2D eigenvalue weighted by Crippen LogP contribution is -2.36. The predicted molar refractivity (Wildman–Crippen MR) is 103 cm³/mol. The van der Waals surface area contributed by atoms with Gasteiger partial charge in [0.15, 0.2) is 0 Å². The summed E-state index contributed by atoms with van der Waals surface area (Å²) in [4.78, 5) is 22.8. The molecule has 0 bridgehead atoms. The Morgan fingerprint density at radius 2 is 2.12 bits per heavy atom.